The van der Waals surface area contributed by atoms with Crippen molar-refractivity contribution in [2.45, 2.75) is 18.9 Å². The first-order valence-corrected chi connectivity index (χ1v) is 7.85. The highest BCUT2D eigenvalue weighted by atomic mass is 35.5. The zero-order chi connectivity index (χ0) is 16.3. The number of hydrogen-bond donors (Lipinski definition) is 1. The van der Waals surface area contributed by atoms with E-state index in [1.54, 1.807) is 31.1 Å². The number of rotatable bonds is 3. The molecular weight excluding hydrogens is 325 g/mol. The molecule has 1 aliphatic rings. The van der Waals surface area contributed by atoms with Gasteiger partial charge in [-0.05, 0) is 30.5 Å². The largest absolute Gasteiger partial charge is 0.347 e. The molecule has 1 aromatic carbocycles. The molecular formula is C15H19Cl2N3O2. The fourth-order valence-corrected chi connectivity index (χ4v) is 2.79. The summed E-state index contributed by atoms with van der Waals surface area (Å²) in [5.74, 6) is -0.140. The van der Waals surface area contributed by atoms with Gasteiger partial charge in [-0.25, -0.2) is 4.79 Å². The molecule has 0 saturated carbocycles. The first kappa shape index (κ1) is 16.9. The topological polar surface area (TPSA) is 52.7 Å². The van der Waals surface area contributed by atoms with Crippen molar-refractivity contribution in [2.24, 2.45) is 0 Å². The van der Waals surface area contributed by atoms with Gasteiger partial charge in [-0.15, -0.1) is 0 Å². The zero-order valence-corrected chi connectivity index (χ0v) is 14.1. The number of nitrogens with one attached hydrogen (secondary N) is 1. The Morgan fingerprint density at radius 2 is 2.05 bits per heavy atom. The number of carbonyl (C=O) groups is 2. The van der Waals surface area contributed by atoms with Gasteiger partial charge < -0.3 is 15.1 Å². The Kier molecular flexibility index (Phi) is 5.53. The van der Waals surface area contributed by atoms with E-state index < -0.39 is 0 Å². The van der Waals surface area contributed by atoms with Crippen molar-refractivity contribution in [3.8, 4) is 0 Å². The van der Waals surface area contributed by atoms with E-state index in [2.05, 4.69) is 5.32 Å². The Morgan fingerprint density at radius 3 is 2.68 bits per heavy atom. The minimum absolute atomic E-state index is 0.00354. The average Bonchev–Trinajstić information content (AvgIpc) is 2.96. The maximum absolute atomic E-state index is 12.3. The van der Waals surface area contributed by atoms with Gasteiger partial charge in [0, 0.05) is 20.6 Å². The molecule has 0 aliphatic carbocycles. The molecule has 1 saturated heterocycles. The number of halogens is 2. The number of carbonyl (C=O) groups excluding carboxylic acids is 2. The minimum Gasteiger partial charge on any atom is -0.347 e. The van der Waals surface area contributed by atoms with Gasteiger partial charge in [-0.1, -0.05) is 29.3 Å². The predicted octanol–water partition coefficient (Wildman–Crippen LogP) is 2.93. The molecule has 7 heteroatoms. The van der Waals surface area contributed by atoms with Crippen LogP contribution < -0.4 is 5.32 Å². The van der Waals surface area contributed by atoms with Crippen LogP contribution in [0.4, 0.5) is 4.79 Å². The molecule has 1 fully saturated rings. The van der Waals surface area contributed by atoms with E-state index in [0.29, 0.717) is 16.6 Å². The van der Waals surface area contributed by atoms with Crippen LogP contribution in [0.3, 0.4) is 0 Å². The quantitative estimate of drug-likeness (QED) is 0.917. The molecule has 1 aliphatic heterocycles. The van der Waals surface area contributed by atoms with Crippen LogP contribution in [0.25, 0.3) is 0 Å². The lowest BCUT2D eigenvalue weighted by Crippen LogP contribution is -2.43. The standard InChI is InChI=1S/C15H19Cl2N3O2/c1-19(2)14(21)9-18-15(22)20-7-3-4-13(20)10-5-6-11(16)12(17)8-10/h5-6,8,13H,3-4,7,9H2,1-2H3,(H,18,22). The van der Waals surface area contributed by atoms with Crippen LogP contribution in [0.5, 0.6) is 0 Å². The molecule has 120 valence electrons. The summed E-state index contributed by atoms with van der Waals surface area (Å²) in [6.45, 7) is 0.656. The molecule has 22 heavy (non-hydrogen) atoms. The third-order valence-electron chi connectivity index (χ3n) is 3.73. The zero-order valence-electron chi connectivity index (χ0n) is 12.6. The Labute approximate surface area is 140 Å². The van der Waals surface area contributed by atoms with Crippen molar-refractivity contribution < 1.29 is 9.59 Å². The Morgan fingerprint density at radius 1 is 1.32 bits per heavy atom. The molecule has 3 amide bonds. The van der Waals surface area contributed by atoms with Crippen molar-refractivity contribution in [2.75, 3.05) is 27.2 Å². The summed E-state index contributed by atoms with van der Waals surface area (Å²) in [5.41, 5.74) is 0.959. The van der Waals surface area contributed by atoms with Crippen LogP contribution in [0.15, 0.2) is 18.2 Å². The van der Waals surface area contributed by atoms with E-state index >= 15 is 0 Å². The summed E-state index contributed by atoms with van der Waals surface area (Å²) >= 11 is 12.0. The number of hydrogen-bond acceptors (Lipinski definition) is 2. The van der Waals surface area contributed by atoms with Gasteiger partial charge in [0.1, 0.15) is 0 Å². The maximum atomic E-state index is 12.3. The van der Waals surface area contributed by atoms with Gasteiger partial charge in [0.05, 0.1) is 22.6 Å². The van der Waals surface area contributed by atoms with Gasteiger partial charge in [-0.3, -0.25) is 4.79 Å². The fourth-order valence-electron chi connectivity index (χ4n) is 2.49. The Balaban J connectivity index is 2.05. The van der Waals surface area contributed by atoms with Crippen LogP contribution >= 0.6 is 23.2 Å². The van der Waals surface area contributed by atoms with Gasteiger partial charge in [0.2, 0.25) is 5.91 Å². The molecule has 0 aromatic heterocycles. The van der Waals surface area contributed by atoms with Crippen molar-refractivity contribution in [3.05, 3.63) is 33.8 Å². The molecule has 1 atom stereocenters. The highest BCUT2D eigenvalue weighted by molar-refractivity contribution is 6.42. The van der Waals surface area contributed by atoms with Crippen LogP contribution in [0, 0.1) is 0 Å². The van der Waals surface area contributed by atoms with Gasteiger partial charge >= 0.3 is 6.03 Å². The summed E-state index contributed by atoms with van der Waals surface area (Å²) in [5, 5.41) is 3.65. The van der Waals surface area contributed by atoms with E-state index in [-0.39, 0.29) is 24.5 Å². The molecule has 1 unspecified atom stereocenters. The average molecular weight is 344 g/mol. The highest BCUT2D eigenvalue weighted by Crippen LogP contribution is 2.34. The smallest absolute Gasteiger partial charge is 0.318 e. The third kappa shape index (κ3) is 3.84. The molecule has 1 heterocycles. The number of likely N-dealkylation sites (N-methyl/N-ethyl adjacent to an activating group) is 1. The summed E-state index contributed by atoms with van der Waals surface area (Å²) in [7, 11) is 3.31. The van der Waals surface area contributed by atoms with E-state index in [9.17, 15) is 9.59 Å². The third-order valence-corrected chi connectivity index (χ3v) is 4.47. The van der Waals surface area contributed by atoms with Crippen LogP contribution in [-0.4, -0.2) is 48.9 Å². The molecule has 0 radical (unpaired) electrons. The summed E-state index contributed by atoms with van der Waals surface area (Å²) in [4.78, 5) is 27.0. The summed E-state index contributed by atoms with van der Waals surface area (Å²) in [6, 6.07) is 5.15. The summed E-state index contributed by atoms with van der Waals surface area (Å²) in [6.07, 6.45) is 1.78. The van der Waals surface area contributed by atoms with Gasteiger partial charge in [-0.2, -0.15) is 0 Å². The number of amides is 3. The van der Waals surface area contributed by atoms with Crippen molar-refractivity contribution >= 4 is 35.1 Å². The van der Waals surface area contributed by atoms with Gasteiger partial charge in [0.15, 0.2) is 0 Å². The van der Waals surface area contributed by atoms with E-state index in [1.165, 1.54) is 4.90 Å². The van der Waals surface area contributed by atoms with Crippen LogP contribution in [-0.2, 0) is 4.79 Å². The second-order valence-electron chi connectivity index (χ2n) is 5.47. The minimum atomic E-state index is -0.233. The molecule has 1 aromatic rings. The monoisotopic (exact) mass is 343 g/mol. The Bertz CT molecular complexity index is 578. The second kappa shape index (κ2) is 7.20. The lowest BCUT2D eigenvalue weighted by atomic mass is 10.0. The first-order valence-electron chi connectivity index (χ1n) is 7.09. The van der Waals surface area contributed by atoms with Crippen molar-refractivity contribution in [1.29, 1.82) is 0 Å². The molecule has 0 bridgehead atoms. The number of benzene rings is 1. The molecule has 1 N–H and O–H groups in total. The van der Waals surface area contributed by atoms with Crippen molar-refractivity contribution in [1.82, 2.24) is 15.1 Å². The van der Waals surface area contributed by atoms with E-state index in [1.807, 2.05) is 6.07 Å². The van der Waals surface area contributed by atoms with Crippen molar-refractivity contribution in [3.63, 3.8) is 0 Å². The highest BCUT2D eigenvalue weighted by Gasteiger charge is 2.30. The molecule has 0 spiro atoms. The number of nitrogens with zero attached hydrogens (tertiary/aromatic N) is 2. The maximum Gasteiger partial charge on any atom is 0.318 e. The van der Waals surface area contributed by atoms with Crippen LogP contribution in [0.1, 0.15) is 24.4 Å². The first-order chi connectivity index (χ1) is 10.4. The fraction of sp³-hybridized carbons (Fsp3) is 0.467. The Hall–Kier alpha value is -1.46. The van der Waals surface area contributed by atoms with E-state index in [0.717, 1.165) is 18.4 Å². The SMILES string of the molecule is CN(C)C(=O)CNC(=O)N1CCCC1c1ccc(Cl)c(Cl)c1. The summed E-state index contributed by atoms with van der Waals surface area (Å²) < 4.78 is 0. The normalized spacial score (nSPS) is 17.5. The molecule has 2 rings (SSSR count). The predicted molar refractivity (Wildman–Crippen MR) is 87.2 cm³/mol. The van der Waals surface area contributed by atoms with Gasteiger partial charge in [0.25, 0.3) is 0 Å². The second-order valence-corrected chi connectivity index (χ2v) is 6.29. The lowest BCUT2D eigenvalue weighted by molar-refractivity contribution is -0.127. The lowest BCUT2D eigenvalue weighted by Gasteiger charge is -2.25. The van der Waals surface area contributed by atoms with E-state index in [4.69, 9.17) is 23.2 Å². The number of likely N-dealkylation sites (tertiary alicyclic amines) is 1. The number of urea groups is 1. The molecule has 5 nitrogen and oxygen atoms in total. The van der Waals surface area contributed by atoms with Crippen LogP contribution in [0.2, 0.25) is 10.0 Å².